The van der Waals surface area contributed by atoms with Gasteiger partial charge in [0.1, 0.15) is 0 Å². The van der Waals surface area contributed by atoms with E-state index in [1.54, 1.807) is 30.3 Å². The second-order valence-corrected chi connectivity index (χ2v) is 4.47. The van der Waals surface area contributed by atoms with E-state index >= 15 is 0 Å². The highest BCUT2D eigenvalue weighted by atomic mass is 19.3. The summed E-state index contributed by atoms with van der Waals surface area (Å²) in [6, 6.07) is 11.3. The van der Waals surface area contributed by atoms with Crippen LogP contribution in [0.3, 0.4) is 0 Å². The average Bonchev–Trinajstić information content (AvgIpc) is 2.46. The van der Waals surface area contributed by atoms with Crippen LogP contribution in [0.1, 0.15) is 16.8 Å². The molecular formula is C15H10F4O2. The third-order valence-corrected chi connectivity index (χ3v) is 3.06. The highest BCUT2D eigenvalue weighted by Gasteiger charge is 2.48. The summed E-state index contributed by atoms with van der Waals surface area (Å²) in [5, 5.41) is 1.18. The molecule has 110 valence electrons. The summed E-state index contributed by atoms with van der Waals surface area (Å²) in [4.78, 5) is 23.1. The van der Waals surface area contributed by atoms with Crippen LogP contribution < -0.4 is 0 Å². The van der Waals surface area contributed by atoms with E-state index in [4.69, 9.17) is 0 Å². The molecule has 2 nitrogen and oxygen atoms in total. The van der Waals surface area contributed by atoms with Gasteiger partial charge in [-0.1, -0.05) is 42.5 Å². The number of fused-ring (bicyclic) bond motifs is 1. The van der Waals surface area contributed by atoms with E-state index in [9.17, 15) is 27.2 Å². The van der Waals surface area contributed by atoms with Gasteiger partial charge in [0.15, 0.2) is 5.78 Å². The number of carbonyl (C=O) groups excluding carboxylic acids is 2. The molecule has 0 amide bonds. The van der Waals surface area contributed by atoms with Crippen molar-refractivity contribution >= 4 is 22.3 Å². The summed E-state index contributed by atoms with van der Waals surface area (Å²) in [7, 11) is 0. The molecule has 0 bridgehead atoms. The first-order valence-corrected chi connectivity index (χ1v) is 6.04. The van der Waals surface area contributed by atoms with Gasteiger partial charge in [0.25, 0.3) is 0 Å². The minimum absolute atomic E-state index is 0.0616. The zero-order valence-corrected chi connectivity index (χ0v) is 10.7. The molecule has 0 saturated carbocycles. The number of hydrogen-bond donors (Lipinski definition) is 0. The molecule has 0 atom stereocenters. The van der Waals surface area contributed by atoms with Crippen LogP contribution in [0, 0.1) is 0 Å². The zero-order chi connectivity index (χ0) is 15.6. The molecule has 2 rings (SSSR count). The van der Waals surface area contributed by atoms with Crippen LogP contribution in [-0.4, -0.2) is 23.9 Å². The minimum atomic E-state index is -4.81. The molecule has 0 unspecified atom stereocenters. The Balaban J connectivity index is 2.30. The molecule has 0 fully saturated rings. The van der Waals surface area contributed by atoms with Crippen molar-refractivity contribution < 1.29 is 27.2 Å². The van der Waals surface area contributed by atoms with E-state index in [-0.39, 0.29) is 5.56 Å². The number of Topliss-reactive ketones (excluding diaryl/α,β-unsaturated/α-hetero) is 2. The zero-order valence-electron chi connectivity index (χ0n) is 10.7. The fraction of sp³-hybridized carbons (Fsp3) is 0.200. The van der Waals surface area contributed by atoms with Crippen molar-refractivity contribution in [1.82, 2.24) is 0 Å². The van der Waals surface area contributed by atoms with Crippen molar-refractivity contribution in [3.05, 3.63) is 48.0 Å². The lowest BCUT2D eigenvalue weighted by Crippen LogP contribution is -2.37. The lowest BCUT2D eigenvalue weighted by Gasteiger charge is -2.13. The Hall–Kier alpha value is -2.24. The van der Waals surface area contributed by atoms with E-state index in [0.717, 1.165) is 0 Å². The molecule has 2 aromatic carbocycles. The van der Waals surface area contributed by atoms with E-state index in [1.165, 1.54) is 12.1 Å². The van der Waals surface area contributed by atoms with Gasteiger partial charge in [0, 0.05) is 5.56 Å². The lowest BCUT2D eigenvalue weighted by atomic mass is 9.97. The summed E-state index contributed by atoms with van der Waals surface area (Å²) in [5.74, 6) is -7.78. The molecule has 0 saturated heterocycles. The Morgan fingerprint density at radius 2 is 1.62 bits per heavy atom. The smallest absolute Gasteiger partial charge is 0.294 e. The van der Waals surface area contributed by atoms with Gasteiger partial charge in [-0.2, -0.15) is 8.78 Å². The first-order valence-electron chi connectivity index (χ1n) is 6.04. The third kappa shape index (κ3) is 2.94. The van der Waals surface area contributed by atoms with Crippen LogP contribution in [-0.2, 0) is 4.79 Å². The molecular weight excluding hydrogens is 288 g/mol. The van der Waals surface area contributed by atoms with Gasteiger partial charge in [-0.05, 0) is 10.8 Å². The van der Waals surface area contributed by atoms with Gasteiger partial charge in [0.2, 0.25) is 5.78 Å². The fourth-order valence-electron chi connectivity index (χ4n) is 1.95. The first-order chi connectivity index (χ1) is 9.84. The number of ketones is 2. The van der Waals surface area contributed by atoms with E-state index in [2.05, 4.69) is 0 Å². The molecule has 0 N–H and O–H groups in total. The van der Waals surface area contributed by atoms with Crippen molar-refractivity contribution in [2.24, 2.45) is 0 Å². The standard InChI is InChI=1S/C15H10F4O2/c16-14(17)15(18,19)13(21)8-12(20)11-7-3-5-9-4-1-2-6-10(9)11/h1-7,14H,8H2. The van der Waals surface area contributed by atoms with E-state index in [0.29, 0.717) is 10.8 Å². The van der Waals surface area contributed by atoms with Gasteiger partial charge in [-0.3, -0.25) is 9.59 Å². The van der Waals surface area contributed by atoms with Crippen molar-refractivity contribution in [3.63, 3.8) is 0 Å². The van der Waals surface area contributed by atoms with E-state index in [1.807, 2.05) is 0 Å². The maximum atomic E-state index is 12.9. The Morgan fingerprint density at radius 3 is 2.29 bits per heavy atom. The number of benzene rings is 2. The van der Waals surface area contributed by atoms with Gasteiger partial charge >= 0.3 is 12.3 Å². The molecule has 0 aliphatic carbocycles. The molecule has 0 aliphatic rings. The normalized spacial score (nSPS) is 11.9. The highest BCUT2D eigenvalue weighted by molar-refractivity contribution is 6.15. The molecule has 6 heteroatoms. The van der Waals surface area contributed by atoms with Crippen LogP contribution in [0.4, 0.5) is 17.6 Å². The summed E-state index contributed by atoms with van der Waals surface area (Å²) in [6.45, 7) is 0. The van der Waals surface area contributed by atoms with Crippen molar-refractivity contribution in [1.29, 1.82) is 0 Å². The second-order valence-electron chi connectivity index (χ2n) is 4.47. The molecule has 21 heavy (non-hydrogen) atoms. The number of carbonyl (C=O) groups is 2. The monoisotopic (exact) mass is 298 g/mol. The molecule has 0 spiro atoms. The largest absolute Gasteiger partial charge is 0.364 e. The Morgan fingerprint density at radius 1 is 1.00 bits per heavy atom. The lowest BCUT2D eigenvalue weighted by molar-refractivity contribution is -0.166. The third-order valence-electron chi connectivity index (χ3n) is 3.06. The van der Waals surface area contributed by atoms with Crippen molar-refractivity contribution in [2.75, 3.05) is 0 Å². The Bertz CT molecular complexity index is 690. The second kappa shape index (κ2) is 5.63. The van der Waals surface area contributed by atoms with E-state index < -0.39 is 30.3 Å². The number of rotatable bonds is 5. The van der Waals surface area contributed by atoms with Crippen molar-refractivity contribution in [2.45, 2.75) is 18.8 Å². The van der Waals surface area contributed by atoms with Gasteiger partial charge in [-0.15, -0.1) is 0 Å². The van der Waals surface area contributed by atoms with Gasteiger partial charge in [-0.25, -0.2) is 8.78 Å². The fourth-order valence-corrected chi connectivity index (χ4v) is 1.95. The van der Waals surface area contributed by atoms with Gasteiger partial charge < -0.3 is 0 Å². The SMILES string of the molecule is O=C(CC(=O)C(F)(F)C(F)F)c1cccc2ccccc12. The maximum absolute atomic E-state index is 12.9. The minimum Gasteiger partial charge on any atom is -0.294 e. The quantitative estimate of drug-likeness (QED) is 0.477. The summed E-state index contributed by atoms with van der Waals surface area (Å²) >= 11 is 0. The molecule has 0 aromatic heterocycles. The van der Waals surface area contributed by atoms with Crippen LogP contribution in [0.25, 0.3) is 10.8 Å². The Labute approximate surface area is 117 Å². The maximum Gasteiger partial charge on any atom is 0.364 e. The predicted octanol–water partition coefficient (Wildman–Crippen LogP) is 3.88. The summed E-state index contributed by atoms with van der Waals surface area (Å²) in [5.41, 5.74) is 0.0616. The number of halogens is 4. The topological polar surface area (TPSA) is 34.1 Å². The summed E-state index contributed by atoms with van der Waals surface area (Å²) < 4.78 is 49.9. The first kappa shape index (κ1) is 15.2. The van der Waals surface area contributed by atoms with Crippen LogP contribution in [0.15, 0.2) is 42.5 Å². The Kier molecular flexibility index (Phi) is 4.06. The highest BCUT2D eigenvalue weighted by Crippen LogP contribution is 2.27. The van der Waals surface area contributed by atoms with Crippen molar-refractivity contribution in [3.8, 4) is 0 Å². The molecule has 0 heterocycles. The summed E-state index contributed by atoms with van der Waals surface area (Å²) in [6.07, 6.45) is -5.38. The van der Waals surface area contributed by atoms with Gasteiger partial charge in [0.05, 0.1) is 6.42 Å². The molecule has 0 radical (unpaired) electrons. The van der Waals surface area contributed by atoms with Crippen LogP contribution in [0.2, 0.25) is 0 Å². The molecule has 0 aliphatic heterocycles. The predicted molar refractivity (Wildman–Crippen MR) is 68.9 cm³/mol. The molecule has 2 aromatic rings. The average molecular weight is 298 g/mol. The van der Waals surface area contributed by atoms with Crippen LogP contribution in [0.5, 0.6) is 0 Å². The van der Waals surface area contributed by atoms with Crippen LogP contribution >= 0.6 is 0 Å². The number of hydrogen-bond acceptors (Lipinski definition) is 2. The number of alkyl halides is 4.